The zero-order chi connectivity index (χ0) is 25.6. The number of carbonyl (C=O) groups is 1. The fourth-order valence-corrected chi connectivity index (χ4v) is 9.04. The van der Waals surface area contributed by atoms with Crippen molar-refractivity contribution in [2.24, 2.45) is 0 Å². The van der Waals surface area contributed by atoms with E-state index in [1.54, 1.807) is 6.07 Å². The molecule has 0 aliphatic rings. The second-order valence-corrected chi connectivity index (χ2v) is 14.2. The fourth-order valence-electron chi connectivity index (χ4n) is 4.13. The molecule has 184 valence electrons. The maximum absolute atomic E-state index is 12.7. The van der Waals surface area contributed by atoms with Crippen molar-refractivity contribution < 1.29 is 23.6 Å². The summed E-state index contributed by atoms with van der Waals surface area (Å²) in [5.41, 5.74) is -0.265. The third kappa shape index (κ3) is 5.80. The van der Waals surface area contributed by atoms with E-state index in [2.05, 4.69) is 36.7 Å². The number of nitro groups is 1. The first-order valence-electron chi connectivity index (χ1n) is 11.0. The van der Waals surface area contributed by atoms with E-state index >= 15 is 0 Å². The predicted molar refractivity (Wildman–Crippen MR) is 141 cm³/mol. The van der Waals surface area contributed by atoms with E-state index in [4.69, 9.17) is 13.9 Å². The van der Waals surface area contributed by atoms with Gasteiger partial charge in [-0.15, -0.1) is 0 Å². The lowest BCUT2D eigenvalue weighted by Crippen LogP contribution is -2.67. The zero-order valence-electron chi connectivity index (χ0n) is 20.1. The second-order valence-electron chi connectivity index (χ2n) is 8.97. The van der Waals surface area contributed by atoms with E-state index in [9.17, 15) is 14.9 Å². The summed E-state index contributed by atoms with van der Waals surface area (Å²) in [5.74, 6) is -0.722. The Morgan fingerprint density at radius 3 is 2.00 bits per heavy atom. The Morgan fingerprint density at radius 2 is 1.54 bits per heavy atom. The molecule has 3 aromatic rings. The van der Waals surface area contributed by atoms with Crippen LogP contribution in [0.15, 0.2) is 83.3 Å². The number of hydrogen-bond acceptors (Lipinski definition) is 6. The van der Waals surface area contributed by atoms with Gasteiger partial charge < -0.3 is 13.9 Å². The van der Waals surface area contributed by atoms with Gasteiger partial charge in [-0.1, -0.05) is 97.4 Å². The molecule has 9 heteroatoms. The number of rotatable bonds is 9. The molecule has 0 amide bonds. The molecule has 0 aromatic heterocycles. The quantitative estimate of drug-likeness (QED) is 0.162. The Balaban J connectivity index is 2.05. The van der Waals surface area contributed by atoms with E-state index in [0.29, 0.717) is 4.47 Å². The van der Waals surface area contributed by atoms with Crippen molar-refractivity contribution >= 4 is 46.3 Å². The molecule has 0 saturated heterocycles. The minimum Gasteiger partial charge on any atom is -0.469 e. The average Bonchev–Trinajstić information content (AvgIpc) is 2.84. The lowest BCUT2D eigenvalue weighted by atomic mass is 10.2. The Labute approximate surface area is 214 Å². The third-order valence-electron chi connectivity index (χ3n) is 5.72. The number of benzene rings is 3. The van der Waals surface area contributed by atoms with Crippen molar-refractivity contribution in [3.8, 4) is 5.75 Å². The van der Waals surface area contributed by atoms with E-state index in [-0.39, 0.29) is 23.1 Å². The van der Waals surface area contributed by atoms with Crippen LogP contribution < -0.4 is 15.1 Å². The molecule has 0 spiro atoms. The van der Waals surface area contributed by atoms with Crippen LogP contribution in [-0.2, 0) is 14.0 Å². The van der Waals surface area contributed by atoms with Gasteiger partial charge in [0.2, 0.25) is 6.10 Å². The SMILES string of the molecule is COC(=O)[C@H](CO[Si](c1ccccc1)(c1ccccc1)C(C)(C)C)Oc1ccc(Br)cc1[N+](=O)[O-]. The molecule has 0 fully saturated rings. The van der Waals surface area contributed by atoms with Crippen LogP contribution in [0.25, 0.3) is 0 Å². The van der Waals surface area contributed by atoms with Crippen LogP contribution in [0.2, 0.25) is 5.04 Å². The normalized spacial score (nSPS) is 12.6. The standard InChI is InChI=1S/C26H28BrNO6Si/c1-26(2,3)35(20-11-7-5-8-12-20,21-13-9-6-10-14-21)33-18-24(25(29)32-4)34-23-16-15-19(27)17-22(23)28(30)31/h5-17,24H,18H2,1-4H3/t24-/m0/s1. The summed E-state index contributed by atoms with van der Waals surface area (Å²) in [4.78, 5) is 23.7. The molecule has 0 radical (unpaired) electrons. The lowest BCUT2D eigenvalue weighted by Gasteiger charge is -2.43. The Morgan fingerprint density at radius 1 is 1.00 bits per heavy atom. The molecular formula is C26H28BrNO6Si. The van der Waals surface area contributed by atoms with Gasteiger partial charge in [0, 0.05) is 10.5 Å². The van der Waals surface area contributed by atoms with Gasteiger partial charge in [0.15, 0.2) is 5.75 Å². The Hall–Kier alpha value is -3.01. The maximum Gasteiger partial charge on any atom is 0.349 e. The average molecular weight is 559 g/mol. The van der Waals surface area contributed by atoms with Crippen molar-refractivity contribution in [3.05, 3.63) is 93.4 Å². The predicted octanol–water partition coefficient (Wildman–Crippen LogP) is 4.85. The largest absolute Gasteiger partial charge is 0.469 e. The van der Waals surface area contributed by atoms with E-state index in [1.165, 1.54) is 19.2 Å². The molecule has 3 rings (SSSR count). The number of ether oxygens (including phenoxy) is 2. The molecular weight excluding hydrogens is 530 g/mol. The van der Waals surface area contributed by atoms with Crippen molar-refractivity contribution in [2.75, 3.05) is 13.7 Å². The fraction of sp³-hybridized carbons (Fsp3) is 0.269. The second kappa shape index (κ2) is 11.2. The number of halogens is 1. The van der Waals surface area contributed by atoms with Gasteiger partial charge in [0.1, 0.15) is 0 Å². The van der Waals surface area contributed by atoms with Crippen LogP contribution in [0.3, 0.4) is 0 Å². The molecule has 0 heterocycles. The van der Waals surface area contributed by atoms with Gasteiger partial charge in [-0.2, -0.15) is 0 Å². The van der Waals surface area contributed by atoms with Crippen molar-refractivity contribution in [3.63, 3.8) is 0 Å². The highest BCUT2D eigenvalue weighted by atomic mass is 79.9. The highest BCUT2D eigenvalue weighted by Gasteiger charge is 2.51. The summed E-state index contributed by atoms with van der Waals surface area (Å²) >= 11 is 3.23. The highest BCUT2D eigenvalue weighted by molar-refractivity contribution is 9.10. The lowest BCUT2D eigenvalue weighted by molar-refractivity contribution is -0.386. The van der Waals surface area contributed by atoms with Gasteiger partial charge in [-0.05, 0) is 27.5 Å². The molecule has 0 unspecified atom stereocenters. The van der Waals surface area contributed by atoms with Gasteiger partial charge in [0.25, 0.3) is 8.32 Å². The molecule has 0 aliphatic carbocycles. The number of hydrogen-bond donors (Lipinski definition) is 0. The van der Waals surface area contributed by atoms with Crippen LogP contribution >= 0.6 is 15.9 Å². The van der Waals surface area contributed by atoms with Gasteiger partial charge in [-0.25, -0.2) is 4.79 Å². The number of methoxy groups -OCH3 is 1. The number of nitro benzene ring substituents is 1. The summed E-state index contributed by atoms with van der Waals surface area (Å²) in [5, 5.41) is 13.3. The van der Waals surface area contributed by atoms with Crippen molar-refractivity contribution in [2.45, 2.75) is 31.9 Å². The van der Waals surface area contributed by atoms with E-state index in [1.807, 2.05) is 60.7 Å². The number of carbonyl (C=O) groups excluding carboxylic acids is 1. The highest BCUT2D eigenvalue weighted by Crippen LogP contribution is 2.37. The molecule has 0 aliphatic heterocycles. The monoisotopic (exact) mass is 557 g/mol. The summed E-state index contributed by atoms with van der Waals surface area (Å²) in [6, 6.07) is 24.3. The Bertz CT molecular complexity index is 1130. The topological polar surface area (TPSA) is 87.9 Å². The van der Waals surface area contributed by atoms with E-state index < -0.39 is 25.3 Å². The van der Waals surface area contributed by atoms with Crippen molar-refractivity contribution in [1.29, 1.82) is 0 Å². The Kier molecular flexibility index (Phi) is 8.47. The maximum atomic E-state index is 12.7. The van der Waals surface area contributed by atoms with Crippen LogP contribution in [0.5, 0.6) is 5.75 Å². The van der Waals surface area contributed by atoms with Gasteiger partial charge in [-0.3, -0.25) is 10.1 Å². The number of esters is 1. The first kappa shape index (κ1) is 26.6. The van der Waals surface area contributed by atoms with Crippen LogP contribution in [-0.4, -0.2) is 39.0 Å². The number of nitrogens with zero attached hydrogens (tertiary/aromatic N) is 1. The summed E-state index contributed by atoms with van der Waals surface area (Å²) in [6.45, 7) is 6.21. The van der Waals surface area contributed by atoms with E-state index in [0.717, 1.165) is 10.4 Å². The minimum atomic E-state index is -2.96. The first-order chi connectivity index (χ1) is 16.6. The summed E-state index contributed by atoms with van der Waals surface area (Å²) < 4.78 is 18.1. The molecule has 35 heavy (non-hydrogen) atoms. The van der Waals surface area contributed by atoms with Crippen LogP contribution in [0, 0.1) is 10.1 Å². The molecule has 0 saturated carbocycles. The van der Waals surface area contributed by atoms with Crippen LogP contribution in [0.1, 0.15) is 20.8 Å². The molecule has 0 bridgehead atoms. The van der Waals surface area contributed by atoms with Gasteiger partial charge >= 0.3 is 11.7 Å². The molecule has 1 atom stereocenters. The zero-order valence-corrected chi connectivity index (χ0v) is 22.7. The summed E-state index contributed by atoms with van der Waals surface area (Å²) in [6.07, 6.45) is -1.21. The van der Waals surface area contributed by atoms with Crippen molar-refractivity contribution in [1.82, 2.24) is 0 Å². The molecule has 7 nitrogen and oxygen atoms in total. The van der Waals surface area contributed by atoms with Crippen LogP contribution in [0.4, 0.5) is 5.69 Å². The smallest absolute Gasteiger partial charge is 0.349 e. The molecule has 3 aromatic carbocycles. The third-order valence-corrected chi connectivity index (χ3v) is 11.2. The minimum absolute atomic E-state index is 0.0420. The van der Waals surface area contributed by atoms with Gasteiger partial charge in [0.05, 0.1) is 18.6 Å². The first-order valence-corrected chi connectivity index (χ1v) is 13.7. The summed E-state index contributed by atoms with van der Waals surface area (Å²) in [7, 11) is -1.71. The molecule has 0 N–H and O–H groups in total.